The summed E-state index contributed by atoms with van der Waals surface area (Å²) < 4.78 is 1.80. The van der Waals surface area contributed by atoms with E-state index in [4.69, 9.17) is 0 Å². The molecule has 39 heavy (non-hydrogen) atoms. The lowest BCUT2D eigenvalue weighted by Crippen LogP contribution is -2.48. The number of nitrogens with one attached hydrogen (secondary N) is 1. The molecular weight excluding hydrogens is 492 g/mol. The lowest BCUT2D eigenvalue weighted by molar-refractivity contribution is 0.101. The Morgan fingerprint density at radius 3 is 2.38 bits per heavy atom. The number of anilines is 2. The first kappa shape index (κ1) is 28.6. The first-order chi connectivity index (χ1) is 18.7. The van der Waals surface area contributed by atoms with Crippen LogP contribution in [-0.2, 0) is 0 Å². The van der Waals surface area contributed by atoms with Gasteiger partial charge in [0, 0.05) is 51.4 Å². The number of ketones is 1. The summed E-state index contributed by atoms with van der Waals surface area (Å²) in [5.74, 6) is 1.67. The molecule has 2 fully saturated rings. The Labute approximate surface area is 231 Å². The van der Waals surface area contributed by atoms with E-state index in [1.54, 1.807) is 17.0 Å². The molecule has 0 aromatic carbocycles. The van der Waals surface area contributed by atoms with Crippen molar-refractivity contribution in [2.24, 2.45) is 4.99 Å². The van der Waals surface area contributed by atoms with Gasteiger partial charge >= 0.3 is 0 Å². The number of piperazine rings is 1. The zero-order valence-corrected chi connectivity index (χ0v) is 24.0. The third-order valence-electron chi connectivity index (χ3n) is 7.95. The minimum Gasteiger partial charge on any atom is -0.353 e. The van der Waals surface area contributed by atoms with Gasteiger partial charge in [0.1, 0.15) is 17.5 Å². The number of nitrogens with zero attached hydrogens (tertiary/aromatic N) is 7. The molecule has 210 valence electrons. The van der Waals surface area contributed by atoms with Crippen LogP contribution in [0.2, 0.25) is 0 Å². The quantitative estimate of drug-likeness (QED) is 0.366. The lowest BCUT2D eigenvalue weighted by Gasteiger charge is -2.35. The molecule has 1 N–H and O–H groups in total. The Kier molecular flexibility index (Phi) is 9.29. The highest BCUT2D eigenvalue weighted by atomic mass is 16.1. The minimum atomic E-state index is -0.224. The smallest absolute Gasteiger partial charge is 0.262 e. The maximum atomic E-state index is 13.5. The van der Waals surface area contributed by atoms with E-state index in [1.165, 1.54) is 6.92 Å². The number of Topliss-reactive ketones (excluding diaryl/α,β-unsaturated/α-hetero) is 1. The van der Waals surface area contributed by atoms with Crippen LogP contribution in [0.3, 0.4) is 0 Å². The van der Waals surface area contributed by atoms with E-state index in [0.717, 1.165) is 82.0 Å². The van der Waals surface area contributed by atoms with Crippen LogP contribution in [0, 0.1) is 13.8 Å². The maximum absolute atomic E-state index is 13.5. The highest BCUT2D eigenvalue weighted by Crippen LogP contribution is 2.32. The van der Waals surface area contributed by atoms with E-state index in [2.05, 4.69) is 55.8 Å². The second-order valence-electron chi connectivity index (χ2n) is 10.9. The van der Waals surface area contributed by atoms with Crippen molar-refractivity contribution in [3.8, 4) is 0 Å². The largest absolute Gasteiger partial charge is 0.353 e. The molecule has 10 heteroatoms. The van der Waals surface area contributed by atoms with Gasteiger partial charge in [0.2, 0.25) is 0 Å². The van der Waals surface area contributed by atoms with Crippen LogP contribution in [0.5, 0.6) is 0 Å². The number of aromatic nitrogens is 3. The fourth-order valence-corrected chi connectivity index (χ4v) is 5.54. The number of hydrogen-bond acceptors (Lipinski definition) is 9. The number of carbonyl (C=O) groups is 1. The number of carbonyl (C=O) groups excluding carboxylic acids is 1. The Hall–Kier alpha value is -3.37. The van der Waals surface area contributed by atoms with E-state index in [-0.39, 0.29) is 22.9 Å². The molecule has 1 aliphatic heterocycles. The highest BCUT2D eigenvalue weighted by Gasteiger charge is 2.26. The van der Waals surface area contributed by atoms with Crippen molar-refractivity contribution in [2.45, 2.75) is 52.5 Å². The average molecular weight is 535 g/mol. The standard InChI is InChI=1S/C29H42N8O2/c1-20-21(2)28(22(3)38)29(39)37(23-9-7-8-10-23)24(20)17-25(30-4)33-26-18-32-27(19-31-26)36-15-13-35(14-16-36)12-11-34(5)6/h17-19,23H,4,7-16H2,1-3,5-6H3,(H,31,33)/b25-17+. The topological polar surface area (TPSA) is 99.0 Å². The summed E-state index contributed by atoms with van der Waals surface area (Å²) in [6.07, 6.45) is 9.30. The maximum Gasteiger partial charge on any atom is 0.262 e. The van der Waals surface area contributed by atoms with Crippen molar-refractivity contribution in [2.75, 3.05) is 63.6 Å². The van der Waals surface area contributed by atoms with Gasteiger partial charge in [-0.05, 0) is 65.6 Å². The Balaban J connectivity index is 1.54. The van der Waals surface area contributed by atoms with Crippen LogP contribution >= 0.6 is 0 Å². The molecule has 0 amide bonds. The predicted octanol–water partition coefficient (Wildman–Crippen LogP) is 3.37. The average Bonchev–Trinajstić information content (AvgIpc) is 3.45. The first-order valence-electron chi connectivity index (χ1n) is 13.9. The summed E-state index contributed by atoms with van der Waals surface area (Å²) in [5, 5.41) is 3.21. The van der Waals surface area contributed by atoms with Crippen molar-refractivity contribution < 1.29 is 4.79 Å². The Bertz CT molecular complexity index is 1270. The van der Waals surface area contributed by atoms with Gasteiger partial charge in [-0.1, -0.05) is 12.8 Å². The summed E-state index contributed by atoms with van der Waals surface area (Å²) in [4.78, 5) is 46.2. The van der Waals surface area contributed by atoms with Crippen molar-refractivity contribution >= 4 is 30.2 Å². The molecule has 0 spiro atoms. The third-order valence-corrected chi connectivity index (χ3v) is 7.95. The number of hydrogen-bond donors (Lipinski definition) is 1. The second kappa shape index (κ2) is 12.7. The van der Waals surface area contributed by atoms with Gasteiger partial charge in [-0.15, -0.1) is 0 Å². The SMILES string of the molecule is C=N/C(=C\c1c(C)c(C)c(C(C)=O)c(=O)n1C1CCCC1)Nc1cnc(N2CCN(CCN(C)C)CC2)cn1. The summed E-state index contributed by atoms with van der Waals surface area (Å²) in [5.41, 5.74) is 2.40. The highest BCUT2D eigenvalue weighted by molar-refractivity contribution is 5.95. The number of pyridine rings is 1. The van der Waals surface area contributed by atoms with Gasteiger partial charge in [0.15, 0.2) is 5.78 Å². The molecule has 4 rings (SSSR count). The van der Waals surface area contributed by atoms with Gasteiger partial charge in [-0.3, -0.25) is 14.5 Å². The third kappa shape index (κ3) is 6.62. The number of likely N-dealkylation sites (N-methyl/N-ethyl adjacent to an activating group) is 1. The normalized spacial score (nSPS) is 17.2. The van der Waals surface area contributed by atoms with Crippen LogP contribution in [0.25, 0.3) is 6.08 Å². The van der Waals surface area contributed by atoms with E-state index in [0.29, 0.717) is 17.2 Å². The van der Waals surface area contributed by atoms with Gasteiger partial charge in [-0.2, -0.15) is 0 Å². The van der Waals surface area contributed by atoms with Gasteiger partial charge in [-0.25, -0.2) is 15.0 Å². The van der Waals surface area contributed by atoms with Crippen molar-refractivity contribution in [1.82, 2.24) is 24.3 Å². The molecule has 2 aromatic rings. The summed E-state index contributed by atoms with van der Waals surface area (Å²) in [6.45, 7) is 15.0. The molecule has 1 saturated heterocycles. The lowest BCUT2D eigenvalue weighted by atomic mass is 9.99. The molecule has 2 aliphatic rings. The van der Waals surface area contributed by atoms with Crippen molar-refractivity contribution in [3.63, 3.8) is 0 Å². The first-order valence-corrected chi connectivity index (χ1v) is 13.9. The molecule has 0 atom stereocenters. The zero-order chi connectivity index (χ0) is 28.1. The van der Waals surface area contributed by atoms with Gasteiger partial charge < -0.3 is 19.7 Å². The van der Waals surface area contributed by atoms with Crippen LogP contribution in [0.15, 0.2) is 28.0 Å². The molecule has 0 radical (unpaired) electrons. The molecule has 3 heterocycles. The monoisotopic (exact) mass is 534 g/mol. The fourth-order valence-electron chi connectivity index (χ4n) is 5.54. The molecule has 2 aromatic heterocycles. The van der Waals surface area contributed by atoms with Crippen LogP contribution < -0.4 is 15.8 Å². The molecule has 10 nitrogen and oxygen atoms in total. The number of aliphatic imine (C=N–C) groups is 1. The summed E-state index contributed by atoms with van der Waals surface area (Å²) in [7, 11) is 4.20. The van der Waals surface area contributed by atoms with E-state index in [9.17, 15) is 9.59 Å². The minimum absolute atomic E-state index is 0.0645. The molecule has 1 saturated carbocycles. The summed E-state index contributed by atoms with van der Waals surface area (Å²) >= 11 is 0. The summed E-state index contributed by atoms with van der Waals surface area (Å²) in [6, 6.07) is 0.0645. The number of rotatable bonds is 10. The predicted molar refractivity (Wildman–Crippen MR) is 158 cm³/mol. The molecule has 0 unspecified atom stereocenters. The zero-order valence-electron chi connectivity index (χ0n) is 24.0. The van der Waals surface area contributed by atoms with Crippen molar-refractivity contribution in [3.05, 3.63) is 51.0 Å². The molecule has 1 aliphatic carbocycles. The Morgan fingerprint density at radius 2 is 1.82 bits per heavy atom. The molecular formula is C29H42N8O2. The van der Waals surface area contributed by atoms with Crippen LogP contribution in [-0.4, -0.2) is 90.2 Å². The Morgan fingerprint density at radius 1 is 1.13 bits per heavy atom. The van der Waals surface area contributed by atoms with E-state index < -0.39 is 0 Å². The van der Waals surface area contributed by atoms with E-state index >= 15 is 0 Å². The van der Waals surface area contributed by atoms with Crippen LogP contribution in [0.4, 0.5) is 11.6 Å². The van der Waals surface area contributed by atoms with Gasteiger partial charge in [0.05, 0.1) is 23.7 Å². The van der Waals surface area contributed by atoms with Gasteiger partial charge in [0.25, 0.3) is 5.56 Å². The van der Waals surface area contributed by atoms with Crippen LogP contribution in [0.1, 0.15) is 65.8 Å². The second-order valence-corrected chi connectivity index (χ2v) is 10.9. The fraction of sp³-hybridized carbons (Fsp3) is 0.552. The van der Waals surface area contributed by atoms with E-state index in [1.807, 2.05) is 19.9 Å². The van der Waals surface area contributed by atoms with Crippen molar-refractivity contribution in [1.29, 1.82) is 0 Å². The molecule has 0 bridgehead atoms.